The molecule has 1 unspecified atom stereocenters. The molecule has 0 saturated carbocycles. The fourth-order valence-electron chi connectivity index (χ4n) is 2.74. The molecule has 0 aliphatic rings. The molecule has 0 aliphatic heterocycles. The van der Waals surface area contributed by atoms with Crippen LogP contribution in [0.2, 0.25) is 0 Å². The quantitative estimate of drug-likeness (QED) is 0.224. The lowest BCUT2D eigenvalue weighted by molar-refractivity contribution is -0.758. The number of unbranched alkanes of at least 4 members (excludes halogenated alkanes) is 3. The Kier molecular flexibility index (Phi) is 11.6. The average molecular weight is 443 g/mol. The second kappa shape index (κ2) is 13.9. The summed E-state index contributed by atoms with van der Waals surface area (Å²) in [6.07, 6.45) is 4.49. The molecule has 174 valence electrons. The topological polar surface area (TPSA) is 150 Å². The van der Waals surface area contributed by atoms with Gasteiger partial charge in [0.25, 0.3) is 10.2 Å². The van der Waals surface area contributed by atoms with Gasteiger partial charge in [0.2, 0.25) is 0 Å². The first-order chi connectivity index (χ1) is 14.7. The minimum atomic E-state index is -0.833. The molecule has 1 rings (SSSR count). The number of ether oxygens (including phenoxy) is 1. The Balaban J connectivity index is 2.65. The largest absolute Gasteiger partial charge is 0.414 e. The van der Waals surface area contributed by atoms with E-state index in [1.54, 1.807) is 39.5 Å². The third-order valence-corrected chi connectivity index (χ3v) is 4.43. The summed E-state index contributed by atoms with van der Waals surface area (Å²) in [6, 6.07) is 3.00. The van der Waals surface area contributed by atoms with Crippen molar-refractivity contribution in [3.8, 4) is 5.75 Å². The lowest BCUT2D eigenvalue weighted by Gasteiger charge is -2.27. The van der Waals surface area contributed by atoms with E-state index in [-0.39, 0.29) is 19.3 Å². The third kappa shape index (κ3) is 10.9. The molecule has 31 heavy (non-hydrogen) atoms. The summed E-state index contributed by atoms with van der Waals surface area (Å²) < 4.78 is 5.34. The van der Waals surface area contributed by atoms with E-state index in [1.807, 2.05) is 4.90 Å². The summed E-state index contributed by atoms with van der Waals surface area (Å²) in [5.74, 6) is 0.313. The number of rotatable bonds is 15. The lowest BCUT2D eigenvalue weighted by atomic mass is 10.1. The van der Waals surface area contributed by atoms with Crippen LogP contribution in [0.4, 0.5) is 4.79 Å². The molecule has 0 aliphatic carbocycles. The van der Waals surface area contributed by atoms with Crippen LogP contribution in [0.25, 0.3) is 0 Å². The standard InChI is InChI=1S/C18H29N5O8/c1-20(2)18(24)31-17-10-8-11-19-16(17)13-21(3)15(14-30-23(27)28)9-6-4-5-7-12-29-22(25)26/h8,10-11,15H,4-7,9,12-14H2,1-3H3. The van der Waals surface area contributed by atoms with Crippen molar-refractivity contribution in [3.63, 3.8) is 0 Å². The third-order valence-electron chi connectivity index (χ3n) is 4.43. The van der Waals surface area contributed by atoms with Crippen LogP contribution in [0.15, 0.2) is 18.3 Å². The van der Waals surface area contributed by atoms with Gasteiger partial charge in [-0.2, -0.15) is 0 Å². The number of nitrogens with zero attached hydrogens (tertiary/aromatic N) is 5. The van der Waals surface area contributed by atoms with Gasteiger partial charge in [-0.25, -0.2) is 4.79 Å². The SMILES string of the molecule is CN(C)C(=O)Oc1cccnc1CN(C)C(CCCCCCO[N+](=O)[O-])CO[N+](=O)[O-]. The Morgan fingerprint density at radius 2 is 1.77 bits per heavy atom. The zero-order valence-electron chi connectivity index (χ0n) is 18.0. The minimum Gasteiger partial charge on any atom is -0.408 e. The molecule has 0 bridgehead atoms. The van der Waals surface area contributed by atoms with Gasteiger partial charge in [0.1, 0.15) is 6.61 Å². The number of pyridine rings is 1. The minimum absolute atomic E-state index is 0.0505. The molecule has 1 atom stereocenters. The second-order valence-electron chi connectivity index (χ2n) is 7.06. The van der Waals surface area contributed by atoms with Gasteiger partial charge in [0.15, 0.2) is 5.75 Å². The molecule has 13 heteroatoms. The van der Waals surface area contributed by atoms with Crippen molar-refractivity contribution in [1.29, 1.82) is 0 Å². The first kappa shape index (κ1) is 25.8. The number of amides is 1. The smallest absolute Gasteiger partial charge is 0.408 e. The van der Waals surface area contributed by atoms with E-state index in [0.717, 1.165) is 19.3 Å². The summed E-state index contributed by atoms with van der Waals surface area (Å²) in [6.45, 7) is 0.224. The molecule has 1 amide bonds. The second-order valence-corrected chi connectivity index (χ2v) is 7.06. The molecule has 0 aromatic carbocycles. The number of hydrogen-bond donors (Lipinski definition) is 0. The highest BCUT2D eigenvalue weighted by Gasteiger charge is 2.20. The van der Waals surface area contributed by atoms with E-state index in [0.29, 0.717) is 30.8 Å². The zero-order valence-corrected chi connectivity index (χ0v) is 18.0. The lowest BCUT2D eigenvalue weighted by Crippen LogP contribution is -2.36. The first-order valence-corrected chi connectivity index (χ1v) is 9.78. The normalized spacial score (nSPS) is 11.6. The molecule has 1 heterocycles. The molecule has 0 N–H and O–H groups in total. The van der Waals surface area contributed by atoms with E-state index in [1.165, 1.54) is 4.90 Å². The maximum atomic E-state index is 11.9. The van der Waals surface area contributed by atoms with Crippen molar-refractivity contribution in [2.75, 3.05) is 34.4 Å². The van der Waals surface area contributed by atoms with Crippen LogP contribution < -0.4 is 4.74 Å². The van der Waals surface area contributed by atoms with Crippen LogP contribution in [0, 0.1) is 20.2 Å². The van der Waals surface area contributed by atoms with Gasteiger partial charge in [-0.15, -0.1) is 20.2 Å². The molecule has 0 saturated heterocycles. The zero-order chi connectivity index (χ0) is 23.2. The van der Waals surface area contributed by atoms with Crippen molar-refractivity contribution in [1.82, 2.24) is 14.8 Å². The Morgan fingerprint density at radius 1 is 1.10 bits per heavy atom. The summed E-state index contributed by atoms with van der Waals surface area (Å²) in [7, 11) is 4.92. The van der Waals surface area contributed by atoms with Gasteiger partial charge >= 0.3 is 6.09 Å². The van der Waals surface area contributed by atoms with Crippen molar-refractivity contribution in [2.24, 2.45) is 0 Å². The van der Waals surface area contributed by atoms with Crippen LogP contribution in [-0.4, -0.2) is 71.4 Å². The highest BCUT2D eigenvalue weighted by molar-refractivity contribution is 5.70. The highest BCUT2D eigenvalue weighted by Crippen LogP contribution is 2.20. The molecule has 13 nitrogen and oxygen atoms in total. The molecule has 1 aromatic heterocycles. The number of hydrogen-bond acceptors (Lipinski definition) is 10. The number of carbonyl (C=O) groups is 1. The van der Waals surface area contributed by atoms with Crippen molar-refractivity contribution in [3.05, 3.63) is 44.3 Å². The Labute approximate surface area is 180 Å². The molecule has 0 radical (unpaired) electrons. The van der Waals surface area contributed by atoms with Crippen molar-refractivity contribution < 1.29 is 29.4 Å². The van der Waals surface area contributed by atoms with E-state index in [2.05, 4.69) is 14.7 Å². The van der Waals surface area contributed by atoms with Gasteiger partial charge in [-0.05, 0) is 32.0 Å². The highest BCUT2D eigenvalue weighted by atomic mass is 17.0. The fraction of sp³-hybridized carbons (Fsp3) is 0.667. The Morgan fingerprint density at radius 3 is 2.42 bits per heavy atom. The number of carbonyl (C=O) groups excluding carboxylic acids is 1. The van der Waals surface area contributed by atoms with Gasteiger partial charge in [-0.3, -0.25) is 9.88 Å². The van der Waals surface area contributed by atoms with Crippen molar-refractivity contribution in [2.45, 2.75) is 44.7 Å². The van der Waals surface area contributed by atoms with E-state index < -0.39 is 16.3 Å². The number of aromatic nitrogens is 1. The van der Waals surface area contributed by atoms with Crippen LogP contribution in [0.5, 0.6) is 5.75 Å². The predicted octanol–water partition coefficient (Wildman–Crippen LogP) is 2.31. The Bertz CT molecular complexity index is 718. The van der Waals surface area contributed by atoms with E-state index in [4.69, 9.17) is 4.74 Å². The monoisotopic (exact) mass is 443 g/mol. The van der Waals surface area contributed by atoms with E-state index in [9.17, 15) is 25.0 Å². The van der Waals surface area contributed by atoms with Crippen LogP contribution in [0.1, 0.15) is 37.8 Å². The van der Waals surface area contributed by atoms with Crippen LogP contribution in [-0.2, 0) is 16.2 Å². The van der Waals surface area contributed by atoms with Gasteiger partial charge in [0.05, 0.1) is 12.3 Å². The first-order valence-electron chi connectivity index (χ1n) is 9.78. The number of likely N-dealkylation sites (N-methyl/N-ethyl adjacent to an activating group) is 1. The van der Waals surface area contributed by atoms with E-state index >= 15 is 0 Å². The van der Waals surface area contributed by atoms with Crippen LogP contribution in [0.3, 0.4) is 0 Å². The summed E-state index contributed by atoms with van der Waals surface area (Å²) in [5, 5.41) is 19.1. The molecular weight excluding hydrogens is 414 g/mol. The average Bonchev–Trinajstić information content (AvgIpc) is 2.70. The maximum absolute atomic E-state index is 11.9. The predicted molar refractivity (Wildman–Crippen MR) is 108 cm³/mol. The van der Waals surface area contributed by atoms with Gasteiger partial charge in [-0.1, -0.05) is 19.3 Å². The molecular formula is C18H29N5O8. The summed E-state index contributed by atoms with van der Waals surface area (Å²) in [4.78, 5) is 48.9. The summed E-state index contributed by atoms with van der Waals surface area (Å²) >= 11 is 0. The van der Waals surface area contributed by atoms with Gasteiger partial charge < -0.3 is 19.3 Å². The Hall–Kier alpha value is -3.22. The maximum Gasteiger partial charge on any atom is 0.414 e. The molecule has 0 fully saturated rings. The summed E-state index contributed by atoms with van der Waals surface area (Å²) in [5.41, 5.74) is 0.517. The van der Waals surface area contributed by atoms with Crippen LogP contribution >= 0.6 is 0 Å². The molecule has 0 spiro atoms. The fourth-order valence-corrected chi connectivity index (χ4v) is 2.74. The van der Waals surface area contributed by atoms with Crippen molar-refractivity contribution >= 4 is 6.09 Å². The molecule has 1 aromatic rings. The van der Waals surface area contributed by atoms with Gasteiger partial charge in [0, 0.05) is 32.9 Å².